The average molecular weight is 337 g/mol. The van der Waals surface area contributed by atoms with Gasteiger partial charge in [0.15, 0.2) is 18.0 Å². The summed E-state index contributed by atoms with van der Waals surface area (Å²) in [6.45, 7) is 2.08. The molecule has 0 aromatic carbocycles. The molecule has 1 saturated carbocycles. The zero-order valence-electron chi connectivity index (χ0n) is 13.0. The second-order valence-electron chi connectivity index (χ2n) is 5.69. The van der Waals surface area contributed by atoms with Crippen molar-refractivity contribution in [3.63, 3.8) is 0 Å². The lowest BCUT2D eigenvalue weighted by atomic mass is 9.95. The molecule has 1 fully saturated rings. The fraction of sp³-hybridized carbons (Fsp3) is 0.500. The first-order valence-electron chi connectivity index (χ1n) is 7.97. The van der Waals surface area contributed by atoms with Crippen LogP contribution >= 0.6 is 12.3 Å². The summed E-state index contributed by atoms with van der Waals surface area (Å²) in [4.78, 5) is 16.5. The van der Waals surface area contributed by atoms with Crippen molar-refractivity contribution in [2.45, 2.75) is 45.1 Å². The molecule has 5 nitrogen and oxygen atoms in total. The van der Waals surface area contributed by atoms with E-state index in [9.17, 15) is 8.68 Å². The molecule has 1 aliphatic rings. The topological polar surface area (TPSA) is 56.1 Å². The number of halogens is 1. The van der Waals surface area contributed by atoms with Gasteiger partial charge < -0.3 is 10.1 Å². The first kappa shape index (κ1) is 16.1. The summed E-state index contributed by atoms with van der Waals surface area (Å²) < 4.78 is 19.5. The highest BCUT2D eigenvalue weighted by Crippen LogP contribution is 2.32. The van der Waals surface area contributed by atoms with Gasteiger partial charge in [0.05, 0.1) is 12.3 Å². The Hall–Kier alpha value is -1.76. The third kappa shape index (κ3) is 3.29. The summed E-state index contributed by atoms with van der Waals surface area (Å²) in [5.74, 6) is -0.402. The predicted octanol–water partition coefficient (Wildman–Crippen LogP) is 4.34. The Labute approximate surface area is 139 Å². The van der Waals surface area contributed by atoms with Crippen LogP contribution in [0.4, 0.5) is 9.57 Å². The number of carbonyl (C=O) groups excluding carboxylic acids is 1. The Morgan fingerprint density at radius 2 is 2.26 bits per heavy atom. The summed E-state index contributed by atoms with van der Waals surface area (Å²) in [7, 11) is 0. The molecule has 0 unspecified atom stereocenters. The van der Waals surface area contributed by atoms with Crippen LogP contribution in [0.1, 0.15) is 49.4 Å². The summed E-state index contributed by atoms with van der Waals surface area (Å²) in [5.41, 5.74) is 1.61. The number of ether oxygens (including phenoxy) is 1. The van der Waals surface area contributed by atoms with Crippen LogP contribution in [0.5, 0.6) is 0 Å². The molecule has 2 aromatic heterocycles. The SMILES string of the molecule is CCOC(=O)c1cnc2c(ccn2SF)c1NC1CCCCC1. The number of rotatable bonds is 5. The first-order chi connectivity index (χ1) is 11.2. The third-order valence-electron chi connectivity index (χ3n) is 4.20. The molecule has 2 heterocycles. The van der Waals surface area contributed by atoms with E-state index in [2.05, 4.69) is 10.3 Å². The van der Waals surface area contributed by atoms with Gasteiger partial charge in [-0.05, 0) is 25.8 Å². The van der Waals surface area contributed by atoms with E-state index in [-0.39, 0.29) is 12.3 Å². The number of nitrogens with zero attached hydrogens (tertiary/aromatic N) is 2. The molecule has 0 atom stereocenters. The number of pyridine rings is 1. The van der Waals surface area contributed by atoms with E-state index in [1.54, 1.807) is 19.2 Å². The van der Waals surface area contributed by atoms with E-state index in [1.807, 2.05) is 0 Å². The predicted molar refractivity (Wildman–Crippen MR) is 90.3 cm³/mol. The van der Waals surface area contributed by atoms with Crippen molar-refractivity contribution in [3.8, 4) is 0 Å². The maximum atomic E-state index is 13.0. The highest BCUT2D eigenvalue weighted by Gasteiger charge is 2.22. The molecule has 7 heteroatoms. The van der Waals surface area contributed by atoms with Gasteiger partial charge in [-0.3, -0.25) is 0 Å². The number of nitrogens with one attached hydrogen (secondary N) is 1. The summed E-state index contributed by atoms with van der Waals surface area (Å²) in [5, 5.41) is 4.23. The minimum Gasteiger partial charge on any atom is -0.462 e. The average Bonchev–Trinajstić information content (AvgIpc) is 3.00. The largest absolute Gasteiger partial charge is 0.462 e. The highest BCUT2D eigenvalue weighted by atomic mass is 32.2. The van der Waals surface area contributed by atoms with Gasteiger partial charge in [-0.15, -0.1) is 3.89 Å². The Bertz CT molecular complexity index is 698. The maximum Gasteiger partial charge on any atom is 0.341 e. The fourth-order valence-electron chi connectivity index (χ4n) is 3.09. The van der Waals surface area contributed by atoms with Gasteiger partial charge in [0.25, 0.3) is 0 Å². The van der Waals surface area contributed by atoms with Crippen LogP contribution in [0.25, 0.3) is 11.0 Å². The van der Waals surface area contributed by atoms with Gasteiger partial charge in [-0.2, -0.15) is 0 Å². The second kappa shape index (κ2) is 7.21. The van der Waals surface area contributed by atoms with Crippen LogP contribution in [0.15, 0.2) is 18.5 Å². The van der Waals surface area contributed by atoms with Crippen molar-refractivity contribution in [2.24, 2.45) is 0 Å². The number of hydrogen-bond acceptors (Lipinski definition) is 5. The lowest BCUT2D eigenvalue weighted by molar-refractivity contribution is 0.0527. The highest BCUT2D eigenvalue weighted by molar-refractivity contribution is 7.92. The number of esters is 1. The Kier molecular flexibility index (Phi) is 5.05. The summed E-state index contributed by atoms with van der Waals surface area (Å²) >= 11 is 0.0945. The van der Waals surface area contributed by atoms with Crippen LogP contribution in [0.2, 0.25) is 0 Å². The normalized spacial score (nSPS) is 15.7. The number of anilines is 1. The molecule has 1 N–H and O–H groups in total. The first-order valence-corrected chi connectivity index (χ1v) is 8.64. The van der Waals surface area contributed by atoms with E-state index >= 15 is 0 Å². The molecule has 0 aliphatic heterocycles. The maximum absolute atomic E-state index is 13.0. The van der Waals surface area contributed by atoms with Crippen molar-refractivity contribution >= 4 is 35.0 Å². The van der Waals surface area contributed by atoms with Crippen LogP contribution in [0.3, 0.4) is 0 Å². The van der Waals surface area contributed by atoms with Gasteiger partial charge in [-0.25, -0.2) is 13.8 Å². The Morgan fingerprint density at radius 3 is 2.96 bits per heavy atom. The van der Waals surface area contributed by atoms with E-state index in [1.165, 1.54) is 29.4 Å². The van der Waals surface area contributed by atoms with Crippen LogP contribution in [-0.2, 0) is 4.74 Å². The van der Waals surface area contributed by atoms with Crippen molar-refractivity contribution in [2.75, 3.05) is 11.9 Å². The fourth-order valence-corrected chi connectivity index (χ4v) is 3.41. The molecular weight excluding hydrogens is 317 g/mol. The molecule has 0 bridgehead atoms. The third-order valence-corrected chi connectivity index (χ3v) is 4.65. The van der Waals surface area contributed by atoms with E-state index in [0.29, 0.717) is 29.5 Å². The van der Waals surface area contributed by atoms with Crippen molar-refractivity contribution < 1.29 is 13.4 Å². The quantitative estimate of drug-likeness (QED) is 0.823. The summed E-state index contributed by atoms with van der Waals surface area (Å²) in [6, 6.07) is 2.10. The molecule has 3 rings (SSSR count). The molecule has 23 heavy (non-hydrogen) atoms. The number of carbonyl (C=O) groups is 1. The molecule has 0 saturated heterocycles. The number of hydrogen-bond donors (Lipinski definition) is 1. The number of aromatic nitrogens is 2. The molecule has 0 spiro atoms. The van der Waals surface area contributed by atoms with Crippen molar-refractivity contribution in [3.05, 3.63) is 24.0 Å². The zero-order chi connectivity index (χ0) is 16.2. The van der Waals surface area contributed by atoms with Gasteiger partial charge in [0.2, 0.25) is 0 Å². The van der Waals surface area contributed by atoms with Gasteiger partial charge in [0.1, 0.15) is 5.56 Å². The van der Waals surface area contributed by atoms with E-state index in [4.69, 9.17) is 4.74 Å². The van der Waals surface area contributed by atoms with Gasteiger partial charge in [0, 0.05) is 23.8 Å². The second-order valence-corrected chi connectivity index (χ2v) is 6.23. The van der Waals surface area contributed by atoms with Crippen molar-refractivity contribution in [1.82, 2.24) is 8.96 Å². The molecule has 2 aromatic rings. The van der Waals surface area contributed by atoms with E-state index < -0.39 is 5.97 Å². The number of fused-ring (bicyclic) bond motifs is 1. The monoisotopic (exact) mass is 337 g/mol. The summed E-state index contributed by atoms with van der Waals surface area (Å²) in [6.07, 6.45) is 8.85. The van der Waals surface area contributed by atoms with Crippen LogP contribution in [-0.4, -0.2) is 27.6 Å². The van der Waals surface area contributed by atoms with E-state index in [0.717, 1.165) is 18.2 Å². The lowest BCUT2D eigenvalue weighted by Gasteiger charge is -2.25. The zero-order valence-corrected chi connectivity index (χ0v) is 13.9. The van der Waals surface area contributed by atoms with Crippen LogP contribution in [0, 0.1) is 0 Å². The van der Waals surface area contributed by atoms with Crippen LogP contribution < -0.4 is 5.32 Å². The smallest absolute Gasteiger partial charge is 0.341 e. The standard InChI is InChI=1S/C16H20FN3O2S/c1-2-22-16(21)13-10-18-15-12(8-9-20(15)23-17)14(13)19-11-6-4-3-5-7-11/h8-11H,2-7H2,1H3,(H,18,19). The Morgan fingerprint density at radius 1 is 1.48 bits per heavy atom. The molecule has 124 valence electrons. The minimum atomic E-state index is -0.402. The minimum absolute atomic E-state index is 0.0945. The molecule has 0 radical (unpaired) electrons. The molecule has 0 amide bonds. The Balaban J connectivity index is 2.02. The molecule has 1 aliphatic carbocycles. The van der Waals surface area contributed by atoms with Crippen molar-refractivity contribution in [1.29, 1.82) is 0 Å². The van der Waals surface area contributed by atoms with Gasteiger partial charge in [-0.1, -0.05) is 19.3 Å². The molecular formula is C16H20FN3O2S. The van der Waals surface area contributed by atoms with Gasteiger partial charge >= 0.3 is 5.97 Å². The lowest BCUT2D eigenvalue weighted by Crippen LogP contribution is -2.24.